The van der Waals surface area contributed by atoms with E-state index >= 15 is 0 Å². The minimum atomic E-state index is -0.873. The van der Waals surface area contributed by atoms with Gasteiger partial charge in [0.1, 0.15) is 10.1 Å². The molecule has 1 saturated carbocycles. The van der Waals surface area contributed by atoms with Gasteiger partial charge in [0.05, 0.1) is 18.2 Å². The molecule has 0 spiro atoms. The lowest BCUT2D eigenvalue weighted by molar-refractivity contribution is -0.122. The lowest BCUT2D eigenvalue weighted by atomic mass is 10.2. The number of hydrogen-bond donors (Lipinski definition) is 1. The summed E-state index contributed by atoms with van der Waals surface area (Å²) in [5, 5.41) is 2.86. The first-order valence-electron chi connectivity index (χ1n) is 5.77. The average Bonchev–Trinajstić information content (AvgIpc) is 2.73. The third kappa shape index (κ3) is 2.99. The molecule has 4 nitrogen and oxygen atoms in total. The molecule has 1 aliphatic carbocycles. The first-order chi connectivity index (χ1) is 8.42. The highest BCUT2D eigenvalue weighted by molar-refractivity contribution is 6.52. The Morgan fingerprint density at radius 2 is 2.33 bits per heavy atom. The molecule has 0 saturated heterocycles. The summed E-state index contributed by atoms with van der Waals surface area (Å²) in [5.41, 5.74) is 0. The van der Waals surface area contributed by atoms with Gasteiger partial charge in [-0.1, -0.05) is 0 Å². The number of hydrogen-bond acceptors (Lipinski definition) is 3. The van der Waals surface area contributed by atoms with Crippen LogP contribution in [0.15, 0.2) is 22.8 Å². The molecule has 1 amide bonds. The van der Waals surface area contributed by atoms with Crippen molar-refractivity contribution in [3.05, 3.63) is 24.2 Å². The second-order valence-electron chi connectivity index (χ2n) is 4.76. The minimum Gasteiger partial charge on any atom is -0.468 e. The zero-order valence-corrected chi connectivity index (χ0v) is 11.8. The largest absolute Gasteiger partial charge is 0.468 e. The topological polar surface area (TPSA) is 45.5 Å². The van der Waals surface area contributed by atoms with Gasteiger partial charge in [-0.3, -0.25) is 9.69 Å². The van der Waals surface area contributed by atoms with Crippen molar-refractivity contribution >= 4 is 29.1 Å². The summed E-state index contributed by atoms with van der Waals surface area (Å²) in [4.78, 5) is 13.8. The third-order valence-corrected chi connectivity index (χ3v) is 3.94. The lowest BCUT2D eigenvalue weighted by Gasteiger charge is -2.22. The van der Waals surface area contributed by atoms with Gasteiger partial charge in [-0.25, -0.2) is 0 Å². The predicted octanol–water partition coefficient (Wildman–Crippen LogP) is 2.19. The Kier molecular flexibility index (Phi) is 3.90. The number of amides is 1. The molecule has 1 fully saturated rings. The fourth-order valence-electron chi connectivity index (χ4n) is 1.84. The van der Waals surface area contributed by atoms with Crippen molar-refractivity contribution in [2.75, 3.05) is 20.6 Å². The van der Waals surface area contributed by atoms with Gasteiger partial charge in [-0.2, -0.15) is 0 Å². The Balaban J connectivity index is 1.89. The quantitative estimate of drug-likeness (QED) is 0.846. The molecule has 6 heteroatoms. The number of furan rings is 1. The Morgan fingerprint density at radius 3 is 2.78 bits per heavy atom. The van der Waals surface area contributed by atoms with E-state index in [1.165, 1.54) is 0 Å². The SMILES string of the molecule is CN(C)C(CNC(=O)C1CC1(Cl)Cl)c1ccco1. The molecular weight excluding hydrogens is 275 g/mol. The molecule has 1 aromatic rings. The van der Waals surface area contributed by atoms with Crippen LogP contribution in [0.2, 0.25) is 0 Å². The number of rotatable bonds is 5. The van der Waals surface area contributed by atoms with Crippen molar-refractivity contribution in [2.24, 2.45) is 5.92 Å². The van der Waals surface area contributed by atoms with Gasteiger partial charge in [-0.15, -0.1) is 23.2 Å². The first kappa shape index (κ1) is 13.7. The number of likely N-dealkylation sites (N-methyl/N-ethyl adjacent to an activating group) is 1. The molecule has 0 radical (unpaired) electrons. The highest BCUT2D eigenvalue weighted by Crippen LogP contribution is 2.53. The number of carbonyl (C=O) groups is 1. The van der Waals surface area contributed by atoms with Gasteiger partial charge in [0, 0.05) is 6.54 Å². The zero-order valence-electron chi connectivity index (χ0n) is 10.3. The minimum absolute atomic E-state index is 0.00255. The summed E-state index contributed by atoms with van der Waals surface area (Å²) in [7, 11) is 3.87. The van der Waals surface area contributed by atoms with Gasteiger partial charge in [0.15, 0.2) is 0 Å². The van der Waals surface area contributed by atoms with Crippen LogP contribution in [0.5, 0.6) is 0 Å². The molecule has 2 atom stereocenters. The number of halogens is 2. The van der Waals surface area contributed by atoms with E-state index in [0.717, 1.165) is 5.76 Å². The fourth-order valence-corrected chi connectivity index (χ4v) is 2.34. The third-order valence-electron chi connectivity index (χ3n) is 3.11. The van der Waals surface area contributed by atoms with Crippen LogP contribution in [-0.2, 0) is 4.79 Å². The van der Waals surface area contributed by atoms with E-state index in [1.54, 1.807) is 6.26 Å². The van der Waals surface area contributed by atoms with Crippen LogP contribution in [0.25, 0.3) is 0 Å². The summed E-state index contributed by atoms with van der Waals surface area (Å²) < 4.78 is 4.49. The molecule has 2 unspecified atom stereocenters. The van der Waals surface area contributed by atoms with E-state index < -0.39 is 4.33 Å². The van der Waals surface area contributed by atoms with E-state index in [4.69, 9.17) is 27.6 Å². The molecule has 0 aromatic carbocycles. The number of nitrogens with one attached hydrogen (secondary N) is 1. The number of carbonyl (C=O) groups excluding carboxylic acids is 1. The van der Waals surface area contributed by atoms with Gasteiger partial charge in [0.2, 0.25) is 5.91 Å². The van der Waals surface area contributed by atoms with Crippen molar-refractivity contribution < 1.29 is 9.21 Å². The maximum atomic E-state index is 11.8. The summed E-state index contributed by atoms with van der Waals surface area (Å²) in [6, 6.07) is 3.72. The fraction of sp³-hybridized carbons (Fsp3) is 0.583. The molecule has 0 aliphatic heterocycles. The van der Waals surface area contributed by atoms with Gasteiger partial charge >= 0.3 is 0 Å². The van der Waals surface area contributed by atoms with E-state index in [0.29, 0.717) is 13.0 Å². The number of nitrogens with zero attached hydrogens (tertiary/aromatic N) is 1. The highest BCUT2D eigenvalue weighted by atomic mass is 35.5. The zero-order chi connectivity index (χ0) is 13.3. The van der Waals surface area contributed by atoms with Crippen LogP contribution in [0.4, 0.5) is 0 Å². The molecule has 1 N–H and O–H groups in total. The maximum Gasteiger partial charge on any atom is 0.226 e. The average molecular weight is 291 g/mol. The lowest BCUT2D eigenvalue weighted by Crippen LogP contribution is -2.35. The second-order valence-corrected chi connectivity index (χ2v) is 6.30. The Bertz CT molecular complexity index is 418. The Hall–Kier alpha value is -0.710. The normalized spacial score (nSPS) is 22.8. The van der Waals surface area contributed by atoms with Crippen molar-refractivity contribution in [3.8, 4) is 0 Å². The molecule has 18 heavy (non-hydrogen) atoms. The van der Waals surface area contributed by atoms with E-state index in [9.17, 15) is 4.79 Å². The van der Waals surface area contributed by atoms with Crippen LogP contribution >= 0.6 is 23.2 Å². The molecule has 2 rings (SSSR count). The van der Waals surface area contributed by atoms with Crippen molar-refractivity contribution in [1.82, 2.24) is 10.2 Å². The van der Waals surface area contributed by atoms with Crippen LogP contribution in [-0.4, -0.2) is 35.8 Å². The summed E-state index contributed by atoms with van der Waals surface area (Å²) >= 11 is 11.7. The first-order valence-corrected chi connectivity index (χ1v) is 6.53. The summed E-state index contributed by atoms with van der Waals surface area (Å²) in [6.45, 7) is 0.472. The van der Waals surface area contributed by atoms with Crippen LogP contribution in [0.3, 0.4) is 0 Å². The van der Waals surface area contributed by atoms with Gasteiger partial charge < -0.3 is 9.73 Å². The molecular formula is C12H16Cl2N2O2. The van der Waals surface area contributed by atoms with Crippen molar-refractivity contribution in [1.29, 1.82) is 0 Å². The summed E-state index contributed by atoms with van der Waals surface area (Å²) in [6.07, 6.45) is 2.15. The van der Waals surface area contributed by atoms with Crippen LogP contribution in [0.1, 0.15) is 18.2 Å². The van der Waals surface area contributed by atoms with E-state index in [2.05, 4.69) is 5.32 Å². The Morgan fingerprint density at radius 1 is 1.67 bits per heavy atom. The van der Waals surface area contributed by atoms with Crippen molar-refractivity contribution in [3.63, 3.8) is 0 Å². The molecule has 0 bridgehead atoms. The molecule has 1 aromatic heterocycles. The van der Waals surface area contributed by atoms with E-state index in [-0.39, 0.29) is 17.9 Å². The van der Waals surface area contributed by atoms with Crippen LogP contribution in [0, 0.1) is 5.92 Å². The smallest absolute Gasteiger partial charge is 0.226 e. The van der Waals surface area contributed by atoms with Gasteiger partial charge in [-0.05, 0) is 32.6 Å². The standard InChI is InChI=1S/C12H16Cl2N2O2/c1-16(2)9(10-4-3-5-18-10)7-15-11(17)8-6-12(8,13)14/h3-5,8-9H,6-7H2,1-2H3,(H,15,17). The monoisotopic (exact) mass is 290 g/mol. The summed E-state index contributed by atoms with van der Waals surface area (Å²) in [5.74, 6) is 0.428. The van der Waals surface area contributed by atoms with Crippen molar-refractivity contribution in [2.45, 2.75) is 16.8 Å². The second kappa shape index (κ2) is 5.11. The van der Waals surface area contributed by atoms with Crippen LogP contribution < -0.4 is 5.32 Å². The molecule has 100 valence electrons. The highest BCUT2D eigenvalue weighted by Gasteiger charge is 2.56. The van der Waals surface area contributed by atoms with Gasteiger partial charge in [0.25, 0.3) is 0 Å². The molecule has 1 aliphatic rings. The maximum absolute atomic E-state index is 11.8. The predicted molar refractivity (Wildman–Crippen MR) is 70.7 cm³/mol. The number of alkyl halides is 2. The Labute approximate surface area is 116 Å². The molecule has 1 heterocycles. The van der Waals surface area contributed by atoms with E-state index in [1.807, 2.05) is 31.1 Å².